The highest BCUT2D eigenvalue weighted by Gasteiger charge is 2.12. The lowest BCUT2D eigenvalue weighted by Crippen LogP contribution is -1.94. The molecule has 2 nitrogen and oxygen atoms in total. The zero-order valence-electron chi connectivity index (χ0n) is 19.5. The zero-order valence-corrected chi connectivity index (χ0v) is 19.5. The van der Waals surface area contributed by atoms with Gasteiger partial charge < -0.3 is 10.6 Å². The van der Waals surface area contributed by atoms with Crippen LogP contribution in [0.5, 0.6) is 0 Å². The molecule has 5 aromatic carbocycles. The minimum absolute atomic E-state index is 1.07. The van der Waals surface area contributed by atoms with E-state index < -0.39 is 0 Å². The van der Waals surface area contributed by atoms with Crippen LogP contribution in [0.4, 0.5) is 22.7 Å². The van der Waals surface area contributed by atoms with Gasteiger partial charge in [-0.2, -0.15) is 0 Å². The first-order valence-corrected chi connectivity index (χ1v) is 11.6. The monoisotopic (exact) mass is 440 g/mol. The average molecular weight is 441 g/mol. The summed E-state index contributed by atoms with van der Waals surface area (Å²) in [6.45, 7) is 4.33. The van der Waals surface area contributed by atoms with Crippen LogP contribution >= 0.6 is 0 Å². The van der Waals surface area contributed by atoms with Gasteiger partial charge in [-0.3, -0.25) is 0 Å². The Hall–Kier alpha value is -4.30. The van der Waals surface area contributed by atoms with Crippen LogP contribution in [0.3, 0.4) is 0 Å². The molecule has 0 unspecified atom stereocenters. The molecule has 0 saturated heterocycles. The summed E-state index contributed by atoms with van der Waals surface area (Å²) in [5, 5.41) is 7.02. The highest BCUT2D eigenvalue weighted by Crippen LogP contribution is 2.37. The van der Waals surface area contributed by atoms with Gasteiger partial charge in [-0.1, -0.05) is 78.4 Å². The molecular weight excluding hydrogens is 412 g/mol. The molecule has 0 radical (unpaired) electrons. The quantitative estimate of drug-likeness (QED) is 0.275. The predicted octanol–water partition coefficient (Wildman–Crippen LogP) is 9.12. The molecule has 0 aromatic heterocycles. The van der Waals surface area contributed by atoms with Gasteiger partial charge in [0, 0.05) is 22.7 Å². The molecule has 0 spiro atoms. The maximum Gasteiger partial charge on any atom is 0.0390 e. The predicted molar refractivity (Wildman–Crippen MR) is 146 cm³/mol. The van der Waals surface area contributed by atoms with Crippen LogP contribution in [0.1, 0.15) is 11.1 Å². The number of nitrogens with one attached hydrogen (secondary N) is 2. The molecule has 0 atom stereocenters. The van der Waals surface area contributed by atoms with Gasteiger partial charge in [0.15, 0.2) is 0 Å². The van der Waals surface area contributed by atoms with Crippen LogP contribution < -0.4 is 10.6 Å². The molecular formula is C32H28N2. The third-order valence-electron chi connectivity index (χ3n) is 6.01. The van der Waals surface area contributed by atoms with Crippen LogP contribution in [-0.4, -0.2) is 0 Å². The summed E-state index contributed by atoms with van der Waals surface area (Å²) in [6, 6.07) is 42.5. The summed E-state index contributed by atoms with van der Waals surface area (Å²) < 4.78 is 0. The first-order valence-electron chi connectivity index (χ1n) is 11.6. The van der Waals surface area contributed by atoms with Crippen molar-refractivity contribution < 1.29 is 0 Å². The number of aryl methyl sites for hydroxylation is 2. The molecule has 2 N–H and O–H groups in total. The third kappa shape index (κ3) is 4.87. The van der Waals surface area contributed by atoms with Crippen molar-refractivity contribution in [3.8, 4) is 22.3 Å². The van der Waals surface area contributed by atoms with Crippen LogP contribution in [0, 0.1) is 13.8 Å². The molecule has 0 bridgehead atoms. The van der Waals surface area contributed by atoms with Gasteiger partial charge in [0.2, 0.25) is 0 Å². The smallest absolute Gasteiger partial charge is 0.0390 e. The van der Waals surface area contributed by atoms with Crippen LogP contribution in [0.25, 0.3) is 22.3 Å². The molecule has 166 valence electrons. The van der Waals surface area contributed by atoms with Crippen molar-refractivity contribution >= 4 is 22.7 Å². The van der Waals surface area contributed by atoms with Crippen LogP contribution in [0.15, 0.2) is 121 Å². The maximum atomic E-state index is 3.55. The summed E-state index contributed by atoms with van der Waals surface area (Å²) >= 11 is 0. The third-order valence-corrected chi connectivity index (χ3v) is 6.01. The van der Waals surface area contributed by atoms with Crippen molar-refractivity contribution in [2.24, 2.45) is 0 Å². The van der Waals surface area contributed by atoms with E-state index in [4.69, 9.17) is 0 Å². The number of hydrogen-bond donors (Lipinski definition) is 2. The maximum absolute atomic E-state index is 3.55. The van der Waals surface area contributed by atoms with Crippen molar-refractivity contribution in [1.29, 1.82) is 0 Å². The fraction of sp³-hybridized carbons (Fsp3) is 0.0625. The summed E-state index contributed by atoms with van der Waals surface area (Å²) in [5.41, 5.74) is 11.8. The number of rotatable bonds is 6. The lowest BCUT2D eigenvalue weighted by Gasteiger charge is -2.16. The van der Waals surface area contributed by atoms with Gasteiger partial charge in [0.1, 0.15) is 0 Å². The highest BCUT2D eigenvalue weighted by atomic mass is 14.9. The minimum Gasteiger partial charge on any atom is -0.356 e. The van der Waals surface area contributed by atoms with E-state index in [1.54, 1.807) is 0 Å². The van der Waals surface area contributed by atoms with E-state index in [-0.39, 0.29) is 0 Å². The van der Waals surface area contributed by atoms with E-state index in [2.05, 4.69) is 109 Å². The van der Waals surface area contributed by atoms with E-state index in [9.17, 15) is 0 Å². The lowest BCUT2D eigenvalue weighted by molar-refractivity contribution is 1.38. The van der Waals surface area contributed by atoms with Crippen molar-refractivity contribution in [1.82, 2.24) is 0 Å². The molecule has 0 aliphatic heterocycles. The largest absolute Gasteiger partial charge is 0.356 e. The van der Waals surface area contributed by atoms with Gasteiger partial charge in [-0.25, -0.2) is 0 Å². The van der Waals surface area contributed by atoms with Gasteiger partial charge >= 0.3 is 0 Å². The Morgan fingerprint density at radius 2 is 0.941 bits per heavy atom. The molecule has 2 heteroatoms. The van der Waals surface area contributed by atoms with Gasteiger partial charge in [-0.05, 0) is 90.2 Å². The first-order chi connectivity index (χ1) is 16.7. The lowest BCUT2D eigenvalue weighted by atomic mass is 9.91. The molecule has 34 heavy (non-hydrogen) atoms. The number of anilines is 4. The molecule has 0 aliphatic rings. The Morgan fingerprint density at radius 3 is 1.56 bits per heavy atom. The normalized spacial score (nSPS) is 10.6. The van der Waals surface area contributed by atoms with E-state index >= 15 is 0 Å². The second-order valence-electron chi connectivity index (χ2n) is 8.64. The van der Waals surface area contributed by atoms with Crippen molar-refractivity contribution in [2.75, 3.05) is 10.6 Å². The Labute approximate surface area is 201 Å². The Kier molecular flexibility index (Phi) is 6.13. The molecule has 0 heterocycles. The standard InChI is InChI=1S/C32H28N2/c1-23-13-19-30(24(2)21-23)32-22-29(34-27-11-7-4-8-12-27)18-20-31(32)25-14-16-28(17-15-25)33-26-9-5-3-6-10-26/h3-22,33-34H,1-2H3. The van der Waals surface area contributed by atoms with Gasteiger partial charge in [0.05, 0.1) is 0 Å². The van der Waals surface area contributed by atoms with Crippen molar-refractivity contribution in [3.63, 3.8) is 0 Å². The van der Waals surface area contributed by atoms with Gasteiger partial charge in [0.25, 0.3) is 0 Å². The van der Waals surface area contributed by atoms with E-state index in [1.807, 2.05) is 36.4 Å². The van der Waals surface area contributed by atoms with Crippen LogP contribution in [0.2, 0.25) is 0 Å². The molecule has 0 aliphatic carbocycles. The fourth-order valence-corrected chi connectivity index (χ4v) is 4.32. The molecule has 0 amide bonds. The number of benzene rings is 5. The summed E-state index contributed by atoms with van der Waals surface area (Å²) in [5.74, 6) is 0. The topological polar surface area (TPSA) is 24.1 Å². The fourth-order valence-electron chi connectivity index (χ4n) is 4.32. The average Bonchev–Trinajstić information content (AvgIpc) is 2.86. The van der Waals surface area contributed by atoms with Gasteiger partial charge in [-0.15, -0.1) is 0 Å². The van der Waals surface area contributed by atoms with E-state index in [1.165, 1.54) is 33.4 Å². The second-order valence-corrected chi connectivity index (χ2v) is 8.64. The SMILES string of the molecule is Cc1ccc(-c2cc(Nc3ccccc3)ccc2-c2ccc(Nc3ccccc3)cc2)c(C)c1. The Morgan fingerprint density at radius 1 is 0.412 bits per heavy atom. The molecule has 5 aromatic rings. The summed E-state index contributed by atoms with van der Waals surface area (Å²) in [4.78, 5) is 0. The number of para-hydroxylation sites is 2. The van der Waals surface area contributed by atoms with Crippen LogP contribution in [-0.2, 0) is 0 Å². The minimum atomic E-state index is 1.07. The molecule has 0 saturated carbocycles. The summed E-state index contributed by atoms with van der Waals surface area (Å²) in [7, 11) is 0. The first kappa shape index (κ1) is 21.5. The second kappa shape index (κ2) is 9.68. The van der Waals surface area contributed by atoms with E-state index in [0.717, 1.165) is 22.7 Å². The Balaban J connectivity index is 1.53. The Bertz CT molecular complexity index is 1390. The zero-order chi connectivity index (χ0) is 23.3. The van der Waals surface area contributed by atoms with Crippen molar-refractivity contribution in [2.45, 2.75) is 13.8 Å². The number of hydrogen-bond acceptors (Lipinski definition) is 2. The van der Waals surface area contributed by atoms with Crippen molar-refractivity contribution in [3.05, 3.63) is 132 Å². The summed E-state index contributed by atoms with van der Waals surface area (Å²) in [6.07, 6.45) is 0. The molecule has 0 fully saturated rings. The van der Waals surface area contributed by atoms with E-state index in [0.29, 0.717) is 0 Å². The molecule has 5 rings (SSSR count). The highest BCUT2D eigenvalue weighted by molar-refractivity contribution is 5.88.